The van der Waals surface area contributed by atoms with Crippen LogP contribution in [0.4, 0.5) is 4.39 Å². The number of halogens is 2. The second-order valence-corrected chi connectivity index (χ2v) is 6.42. The topological polar surface area (TPSA) is 35.5 Å². The first-order chi connectivity index (χ1) is 9.45. The van der Waals surface area contributed by atoms with E-state index >= 15 is 0 Å². The van der Waals surface area contributed by atoms with Gasteiger partial charge in [-0.1, -0.05) is 31.5 Å². The molecule has 0 spiro atoms. The van der Waals surface area contributed by atoms with Gasteiger partial charge in [0.2, 0.25) is 0 Å². The number of benzene rings is 1. The summed E-state index contributed by atoms with van der Waals surface area (Å²) in [5, 5.41) is 13.2. The molecular weight excluding hydrogens is 279 g/mol. The van der Waals surface area contributed by atoms with Crippen LogP contribution in [0.15, 0.2) is 18.2 Å². The van der Waals surface area contributed by atoms with Gasteiger partial charge in [-0.25, -0.2) is 4.39 Å². The molecular formula is C15H22ClFN2O. The number of nitrogens with zero attached hydrogens (tertiary/aromatic N) is 1. The van der Waals surface area contributed by atoms with Crippen LogP contribution in [0.2, 0.25) is 5.02 Å². The Balaban J connectivity index is 2.36. The fraction of sp³-hybridized carbons (Fsp3) is 0.600. The van der Waals surface area contributed by atoms with E-state index in [1.807, 2.05) is 13.8 Å². The van der Waals surface area contributed by atoms with Crippen molar-refractivity contribution in [3.05, 3.63) is 34.6 Å². The summed E-state index contributed by atoms with van der Waals surface area (Å²) < 4.78 is 13.4. The SMILES string of the molecule is CC(C)(CO)[C@@H](c1ccc(F)c(Cl)c1)N1CCNCC1. The van der Waals surface area contributed by atoms with E-state index in [9.17, 15) is 9.50 Å². The summed E-state index contributed by atoms with van der Waals surface area (Å²) >= 11 is 5.92. The van der Waals surface area contributed by atoms with Gasteiger partial charge in [0, 0.05) is 44.2 Å². The summed E-state index contributed by atoms with van der Waals surface area (Å²) in [7, 11) is 0. The van der Waals surface area contributed by atoms with Crippen molar-refractivity contribution in [1.82, 2.24) is 10.2 Å². The molecule has 0 bridgehead atoms. The van der Waals surface area contributed by atoms with E-state index in [0.717, 1.165) is 31.7 Å². The summed E-state index contributed by atoms with van der Waals surface area (Å²) in [6.45, 7) is 7.77. The summed E-state index contributed by atoms with van der Waals surface area (Å²) in [5.41, 5.74) is 0.635. The Morgan fingerprint density at radius 3 is 2.60 bits per heavy atom. The summed E-state index contributed by atoms with van der Waals surface area (Å²) in [6.07, 6.45) is 0. The Labute approximate surface area is 124 Å². The van der Waals surface area contributed by atoms with Gasteiger partial charge in [0.25, 0.3) is 0 Å². The molecule has 1 aliphatic rings. The predicted molar refractivity (Wildman–Crippen MR) is 79.5 cm³/mol. The van der Waals surface area contributed by atoms with Crippen LogP contribution in [0.5, 0.6) is 0 Å². The quantitative estimate of drug-likeness (QED) is 0.896. The van der Waals surface area contributed by atoms with Gasteiger partial charge in [0.1, 0.15) is 5.82 Å². The molecule has 1 heterocycles. The average molecular weight is 301 g/mol. The van der Waals surface area contributed by atoms with Crippen LogP contribution in [-0.2, 0) is 0 Å². The van der Waals surface area contributed by atoms with Gasteiger partial charge in [0.15, 0.2) is 0 Å². The van der Waals surface area contributed by atoms with Crippen molar-refractivity contribution >= 4 is 11.6 Å². The molecule has 1 aromatic rings. The van der Waals surface area contributed by atoms with E-state index in [2.05, 4.69) is 10.2 Å². The molecule has 5 heteroatoms. The first kappa shape index (κ1) is 15.7. The van der Waals surface area contributed by atoms with Crippen LogP contribution in [0, 0.1) is 11.2 Å². The van der Waals surface area contributed by atoms with Crippen molar-refractivity contribution in [2.45, 2.75) is 19.9 Å². The van der Waals surface area contributed by atoms with Gasteiger partial charge in [-0.2, -0.15) is 0 Å². The highest BCUT2D eigenvalue weighted by atomic mass is 35.5. The van der Waals surface area contributed by atoms with E-state index < -0.39 is 5.82 Å². The maximum absolute atomic E-state index is 13.4. The van der Waals surface area contributed by atoms with E-state index in [1.54, 1.807) is 12.1 Å². The highest BCUT2D eigenvalue weighted by Gasteiger charge is 2.35. The van der Waals surface area contributed by atoms with Crippen molar-refractivity contribution in [1.29, 1.82) is 0 Å². The number of rotatable bonds is 4. The van der Waals surface area contributed by atoms with Crippen LogP contribution < -0.4 is 5.32 Å². The van der Waals surface area contributed by atoms with Crippen molar-refractivity contribution in [3.8, 4) is 0 Å². The Bertz CT molecular complexity index is 461. The molecule has 0 aliphatic carbocycles. The lowest BCUT2D eigenvalue weighted by Crippen LogP contribution is -2.49. The van der Waals surface area contributed by atoms with Gasteiger partial charge < -0.3 is 10.4 Å². The zero-order chi connectivity index (χ0) is 14.8. The lowest BCUT2D eigenvalue weighted by atomic mass is 9.79. The van der Waals surface area contributed by atoms with Crippen LogP contribution in [-0.4, -0.2) is 42.8 Å². The van der Waals surface area contributed by atoms with Crippen LogP contribution in [0.25, 0.3) is 0 Å². The maximum atomic E-state index is 13.4. The molecule has 0 saturated carbocycles. The maximum Gasteiger partial charge on any atom is 0.141 e. The molecule has 2 N–H and O–H groups in total. The molecule has 20 heavy (non-hydrogen) atoms. The Morgan fingerprint density at radius 2 is 2.05 bits per heavy atom. The molecule has 3 nitrogen and oxygen atoms in total. The molecule has 1 fully saturated rings. The first-order valence-electron chi connectivity index (χ1n) is 6.96. The molecule has 1 atom stereocenters. The van der Waals surface area contributed by atoms with E-state index in [0.29, 0.717) is 0 Å². The van der Waals surface area contributed by atoms with Gasteiger partial charge in [-0.15, -0.1) is 0 Å². The Kier molecular flexibility index (Phi) is 5.02. The highest BCUT2D eigenvalue weighted by molar-refractivity contribution is 6.30. The second kappa shape index (κ2) is 6.39. The summed E-state index contributed by atoms with van der Waals surface area (Å²) in [4.78, 5) is 2.33. The number of hydrogen-bond donors (Lipinski definition) is 2. The third-order valence-electron chi connectivity index (χ3n) is 3.92. The minimum absolute atomic E-state index is 0.0210. The highest BCUT2D eigenvalue weighted by Crippen LogP contribution is 2.39. The van der Waals surface area contributed by atoms with Gasteiger partial charge in [-0.05, 0) is 17.7 Å². The number of nitrogens with one attached hydrogen (secondary N) is 1. The fourth-order valence-corrected chi connectivity index (χ4v) is 3.05. The number of aliphatic hydroxyl groups is 1. The van der Waals surface area contributed by atoms with Crippen LogP contribution >= 0.6 is 11.6 Å². The van der Waals surface area contributed by atoms with Crippen molar-refractivity contribution in [3.63, 3.8) is 0 Å². The Hall–Kier alpha value is -0.680. The number of piperazine rings is 1. The van der Waals surface area contributed by atoms with E-state index in [1.165, 1.54) is 6.07 Å². The zero-order valence-electron chi connectivity index (χ0n) is 12.0. The third kappa shape index (κ3) is 3.31. The van der Waals surface area contributed by atoms with Crippen LogP contribution in [0.3, 0.4) is 0 Å². The standard InChI is InChI=1S/C15H22ClFN2O/c1-15(2,10-20)14(19-7-5-18-6-8-19)11-3-4-13(17)12(16)9-11/h3-4,9,14,18,20H,5-8,10H2,1-2H3/t14-/m1/s1. The second-order valence-electron chi connectivity index (χ2n) is 6.01. The zero-order valence-corrected chi connectivity index (χ0v) is 12.8. The third-order valence-corrected chi connectivity index (χ3v) is 4.21. The smallest absolute Gasteiger partial charge is 0.141 e. The van der Waals surface area contributed by atoms with Gasteiger partial charge >= 0.3 is 0 Å². The predicted octanol–water partition coefficient (Wildman–Crippen LogP) is 2.44. The fourth-order valence-electron chi connectivity index (χ4n) is 2.87. The molecule has 1 aromatic carbocycles. The molecule has 2 rings (SSSR count). The molecule has 1 saturated heterocycles. The lowest BCUT2D eigenvalue weighted by Gasteiger charge is -2.43. The molecule has 0 amide bonds. The minimum atomic E-state index is -0.406. The lowest BCUT2D eigenvalue weighted by molar-refractivity contribution is 0.0305. The largest absolute Gasteiger partial charge is 0.396 e. The normalized spacial score (nSPS) is 19.1. The average Bonchev–Trinajstić information content (AvgIpc) is 2.44. The monoisotopic (exact) mass is 300 g/mol. The Morgan fingerprint density at radius 1 is 1.40 bits per heavy atom. The van der Waals surface area contributed by atoms with E-state index in [-0.39, 0.29) is 23.1 Å². The van der Waals surface area contributed by atoms with Gasteiger partial charge in [0.05, 0.1) is 5.02 Å². The molecule has 0 unspecified atom stereocenters. The summed E-state index contributed by atoms with van der Waals surface area (Å²) in [6, 6.07) is 4.87. The molecule has 0 aromatic heterocycles. The van der Waals surface area contributed by atoms with Gasteiger partial charge in [-0.3, -0.25) is 4.90 Å². The molecule has 1 aliphatic heterocycles. The molecule has 0 radical (unpaired) electrons. The number of hydrogen-bond acceptors (Lipinski definition) is 3. The van der Waals surface area contributed by atoms with E-state index in [4.69, 9.17) is 11.6 Å². The van der Waals surface area contributed by atoms with Crippen molar-refractivity contribution in [2.24, 2.45) is 5.41 Å². The minimum Gasteiger partial charge on any atom is -0.396 e. The first-order valence-corrected chi connectivity index (χ1v) is 7.34. The van der Waals surface area contributed by atoms with Crippen LogP contribution in [0.1, 0.15) is 25.5 Å². The van der Waals surface area contributed by atoms with Crippen molar-refractivity contribution in [2.75, 3.05) is 32.8 Å². The summed E-state index contributed by atoms with van der Waals surface area (Å²) in [5.74, 6) is -0.406. The van der Waals surface area contributed by atoms with Crippen molar-refractivity contribution < 1.29 is 9.50 Å². The molecule has 112 valence electrons. The number of aliphatic hydroxyl groups excluding tert-OH is 1.